The Morgan fingerprint density at radius 2 is 1.96 bits per heavy atom. The highest BCUT2D eigenvalue weighted by atomic mass is 35.5. The molecule has 0 saturated heterocycles. The van der Waals surface area contributed by atoms with E-state index in [2.05, 4.69) is 4.90 Å². The summed E-state index contributed by atoms with van der Waals surface area (Å²) in [5.74, 6) is 0.846. The zero-order valence-electron chi connectivity index (χ0n) is 13.6. The van der Waals surface area contributed by atoms with Gasteiger partial charge in [-0.2, -0.15) is 0 Å². The fourth-order valence-electron chi connectivity index (χ4n) is 2.37. The maximum Gasteiger partial charge on any atom is 0.266 e. The van der Waals surface area contributed by atoms with E-state index in [1.54, 1.807) is 34.5 Å². The third kappa shape index (κ3) is 3.64. The van der Waals surface area contributed by atoms with Crippen LogP contribution in [0.1, 0.15) is 0 Å². The fraction of sp³-hybridized carbons (Fsp3) is 0.222. The van der Waals surface area contributed by atoms with Crippen LogP contribution in [0.3, 0.4) is 0 Å². The molecule has 2 aromatic carbocycles. The summed E-state index contributed by atoms with van der Waals surface area (Å²) in [6.07, 6.45) is 0. The van der Waals surface area contributed by atoms with E-state index in [0.29, 0.717) is 21.1 Å². The summed E-state index contributed by atoms with van der Waals surface area (Å²) in [5.41, 5.74) is 1.38. The molecule has 4 nitrogen and oxygen atoms in total. The van der Waals surface area contributed by atoms with Crippen molar-refractivity contribution in [1.29, 1.82) is 0 Å². The van der Waals surface area contributed by atoms with Gasteiger partial charge in [0.1, 0.15) is 0 Å². The maximum absolute atomic E-state index is 13.0. The van der Waals surface area contributed by atoms with Crippen molar-refractivity contribution < 1.29 is 0 Å². The van der Waals surface area contributed by atoms with E-state index in [9.17, 15) is 4.79 Å². The van der Waals surface area contributed by atoms with Crippen molar-refractivity contribution in [2.24, 2.45) is 0 Å². The van der Waals surface area contributed by atoms with Gasteiger partial charge in [-0.3, -0.25) is 9.36 Å². The molecule has 0 unspecified atom stereocenters. The number of rotatable bonds is 5. The topological polar surface area (TPSA) is 38.1 Å². The van der Waals surface area contributed by atoms with Crippen molar-refractivity contribution in [3.8, 4) is 5.69 Å². The number of hydrogen-bond acceptors (Lipinski definition) is 4. The van der Waals surface area contributed by atoms with E-state index in [4.69, 9.17) is 16.6 Å². The molecule has 0 spiro atoms. The van der Waals surface area contributed by atoms with Crippen LogP contribution in [0.2, 0.25) is 5.02 Å². The average Bonchev–Trinajstić information content (AvgIpc) is 2.55. The Morgan fingerprint density at radius 1 is 1.17 bits per heavy atom. The lowest BCUT2D eigenvalue weighted by molar-refractivity contribution is 0.437. The lowest BCUT2D eigenvalue weighted by Crippen LogP contribution is -2.22. The lowest BCUT2D eigenvalue weighted by Gasteiger charge is -2.14. The molecule has 1 heterocycles. The predicted molar refractivity (Wildman–Crippen MR) is 102 cm³/mol. The third-order valence-electron chi connectivity index (χ3n) is 3.58. The number of aromatic nitrogens is 2. The normalized spacial score (nSPS) is 11.3. The molecule has 0 aliphatic heterocycles. The van der Waals surface area contributed by atoms with Crippen LogP contribution in [0.4, 0.5) is 0 Å². The van der Waals surface area contributed by atoms with Crippen LogP contribution in [0, 0.1) is 0 Å². The minimum atomic E-state index is -0.0739. The number of hydrogen-bond donors (Lipinski definition) is 0. The number of nitrogens with zero attached hydrogens (tertiary/aromatic N) is 3. The van der Waals surface area contributed by atoms with E-state index in [-0.39, 0.29) is 5.56 Å². The van der Waals surface area contributed by atoms with Gasteiger partial charge in [-0.05, 0) is 44.4 Å². The Morgan fingerprint density at radius 3 is 2.71 bits per heavy atom. The van der Waals surface area contributed by atoms with E-state index in [0.717, 1.165) is 18.0 Å². The SMILES string of the molecule is CN(C)CCSc1nc2ccccc2c(=O)n1-c1cccc(Cl)c1. The van der Waals surface area contributed by atoms with E-state index < -0.39 is 0 Å². The quantitative estimate of drug-likeness (QED) is 0.514. The van der Waals surface area contributed by atoms with Crippen molar-refractivity contribution >= 4 is 34.3 Å². The molecule has 124 valence electrons. The standard InChI is InChI=1S/C18H18ClN3OS/c1-21(2)10-11-24-18-20-16-9-4-3-8-15(16)17(23)22(18)14-7-5-6-13(19)12-14/h3-9,12H,10-11H2,1-2H3. The van der Waals surface area contributed by atoms with Crippen molar-refractivity contribution in [2.45, 2.75) is 5.16 Å². The Balaban J connectivity index is 2.16. The summed E-state index contributed by atoms with van der Waals surface area (Å²) >= 11 is 7.69. The summed E-state index contributed by atoms with van der Waals surface area (Å²) < 4.78 is 1.65. The zero-order valence-corrected chi connectivity index (χ0v) is 15.1. The summed E-state index contributed by atoms with van der Waals surface area (Å²) in [6, 6.07) is 14.7. The van der Waals surface area contributed by atoms with Gasteiger partial charge in [-0.1, -0.05) is 41.6 Å². The summed E-state index contributed by atoms with van der Waals surface area (Å²) in [6.45, 7) is 0.906. The van der Waals surface area contributed by atoms with Crippen LogP contribution in [-0.4, -0.2) is 40.8 Å². The molecule has 0 radical (unpaired) electrons. The summed E-state index contributed by atoms with van der Waals surface area (Å²) in [4.78, 5) is 19.8. The molecule has 0 fully saturated rings. The largest absolute Gasteiger partial charge is 0.309 e. The highest BCUT2D eigenvalue weighted by Crippen LogP contribution is 2.22. The minimum Gasteiger partial charge on any atom is -0.309 e. The van der Waals surface area contributed by atoms with Crippen molar-refractivity contribution in [3.05, 3.63) is 63.9 Å². The third-order valence-corrected chi connectivity index (χ3v) is 4.73. The molecule has 0 amide bonds. The Labute approximate surface area is 150 Å². The smallest absolute Gasteiger partial charge is 0.266 e. The van der Waals surface area contributed by atoms with E-state index >= 15 is 0 Å². The molecule has 6 heteroatoms. The fourth-order valence-corrected chi connectivity index (χ4v) is 3.68. The first kappa shape index (κ1) is 17.0. The van der Waals surface area contributed by atoms with E-state index in [1.165, 1.54) is 0 Å². The van der Waals surface area contributed by atoms with Crippen LogP contribution in [0.15, 0.2) is 58.5 Å². The van der Waals surface area contributed by atoms with Crippen molar-refractivity contribution in [1.82, 2.24) is 14.5 Å². The van der Waals surface area contributed by atoms with Crippen LogP contribution in [0.25, 0.3) is 16.6 Å². The maximum atomic E-state index is 13.0. The van der Waals surface area contributed by atoms with Crippen molar-refractivity contribution in [2.75, 3.05) is 26.4 Å². The molecule has 1 aromatic heterocycles. The van der Waals surface area contributed by atoms with Gasteiger partial charge in [0.25, 0.3) is 5.56 Å². The van der Waals surface area contributed by atoms with Gasteiger partial charge >= 0.3 is 0 Å². The first-order chi connectivity index (χ1) is 11.6. The molecule has 24 heavy (non-hydrogen) atoms. The monoisotopic (exact) mass is 359 g/mol. The number of para-hydroxylation sites is 1. The Kier molecular flexibility index (Phi) is 5.23. The van der Waals surface area contributed by atoms with Crippen molar-refractivity contribution in [3.63, 3.8) is 0 Å². The summed E-state index contributed by atoms with van der Waals surface area (Å²) in [5, 5.41) is 1.88. The molecule has 0 aliphatic carbocycles. The van der Waals surface area contributed by atoms with Gasteiger partial charge in [0, 0.05) is 17.3 Å². The first-order valence-corrected chi connectivity index (χ1v) is 8.98. The molecule has 0 atom stereocenters. The zero-order chi connectivity index (χ0) is 17.1. The Bertz CT molecular complexity index is 924. The second-order valence-corrected chi connectivity index (χ2v) is 7.18. The second-order valence-electron chi connectivity index (χ2n) is 5.68. The number of halogens is 1. The van der Waals surface area contributed by atoms with Gasteiger partial charge < -0.3 is 4.90 Å². The van der Waals surface area contributed by atoms with E-state index in [1.807, 2.05) is 44.4 Å². The predicted octanol–water partition coefficient (Wildman–Crippen LogP) is 3.69. The second kappa shape index (κ2) is 7.38. The number of fused-ring (bicyclic) bond motifs is 1. The van der Waals surface area contributed by atoms with Gasteiger partial charge in [-0.15, -0.1) is 0 Å². The molecule has 3 rings (SSSR count). The van der Waals surface area contributed by atoms with Gasteiger partial charge in [-0.25, -0.2) is 4.98 Å². The molecule has 0 bridgehead atoms. The molecular weight excluding hydrogens is 342 g/mol. The molecule has 0 N–H and O–H groups in total. The van der Waals surface area contributed by atoms with Crippen LogP contribution < -0.4 is 5.56 Å². The molecule has 0 saturated carbocycles. The van der Waals surface area contributed by atoms with Gasteiger partial charge in [0.05, 0.1) is 16.6 Å². The molecular formula is C18H18ClN3OS. The number of benzene rings is 2. The van der Waals surface area contributed by atoms with Crippen LogP contribution >= 0.6 is 23.4 Å². The lowest BCUT2D eigenvalue weighted by atomic mass is 10.2. The first-order valence-electron chi connectivity index (χ1n) is 7.61. The summed E-state index contributed by atoms with van der Waals surface area (Å²) in [7, 11) is 4.05. The van der Waals surface area contributed by atoms with Crippen LogP contribution in [-0.2, 0) is 0 Å². The average molecular weight is 360 g/mol. The molecule has 3 aromatic rings. The van der Waals surface area contributed by atoms with Gasteiger partial charge in [0.2, 0.25) is 0 Å². The number of thioether (sulfide) groups is 1. The highest BCUT2D eigenvalue weighted by Gasteiger charge is 2.13. The highest BCUT2D eigenvalue weighted by molar-refractivity contribution is 7.99. The van der Waals surface area contributed by atoms with Gasteiger partial charge in [0.15, 0.2) is 5.16 Å². The van der Waals surface area contributed by atoms with Crippen LogP contribution in [0.5, 0.6) is 0 Å². The minimum absolute atomic E-state index is 0.0739. The molecule has 0 aliphatic rings. The Hall–Kier alpha value is -1.82.